The lowest BCUT2D eigenvalue weighted by molar-refractivity contribution is -0.138. The molecule has 0 aliphatic heterocycles. The van der Waals surface area contributed by atoms with E-state index in [-0.39, 0.29) is 19.3 Å². The molecular weight excluding hydrogens is 240 g/mol. The maximum Gasteiger partial charge on any atom is 0.320 e. The average Bonchev–Trinajstić information content (AvgIpc) is 2.32. The summed E-state index contributed by atoms with van der Waals surface area (Å²) in [6.45, 7) is 0.823. The second-order valence-corrected chi connectivity index (χ2v) is 4.09. The van der Waals surface area contributed by atoms with E-state index in [0.29, 0.717) is 19.4 Å². The number of aldehydes is 1. The van der Waals surface area contributed by atoms with Gasteiger partial charge in [-0.15, -0.1) is 0 Å². The van der Waals surface area contributed by atoms with Crippen LogP contribution >= 0.6 is 0 Å². The number of carbonyl (C=O) groups excluding carboxylic acids is 2. The van der Waals surface area contributed by atoms with E-state index < -0.39 is 23.9 Å². The zero-order chi connectivity index (χ0) is 14.0. The van der Waals surface area contributed by atoms with Crippen molar-refractivity contribution in [3.63, 3.8) is 0 Å². The summed E-state index contributed by atoms with van der Waals surface area (Å²) in [6, 6.07) is -0.833. The summed E-state index contributed by atoms with van der Waals surface area (Å²) in [6.07, 6.45) is 0.947. The Labute approximate surface area is 105 Å². The Morgan fingerprint density at radius 1 is 1.33 bits per heavy atom. The quantitative estimate of drug-likeness (QED) is 0.206. The Hall–Kier alpha value is -1.31. The van der Waals surface area contributed by atoms with Gasteiger partial charge >= 0.3 is 5.97 Å². The largest absolute Gasteiger partial charge is 0.480 e. The summed E-state index contributed by atoms with van der Waals surface area (Å²) < 4.78 is 0. The van der Waals surface area contributed by atoms with Gasteiger partial charge in [0.25, 0.3) is 0 Å². The molecule has 0 amide bonds. The van der Waals surface area contributed by atoms with E-state index in [4.69, 9.17) is 10.8 Å². The molecule has 7 nitrogen and oxygen atoms in total. The van der Waals surface area contributed by atoms with Gasteiger partial charge in [-0.25, -0.2) is 0 Å². The van der Waals surface area contributed by atoms with Crippen molar-refractivity contribution in [1.29, 1.82) is 0 Å². The van der Waals surface area contributed by atoms with Gasteiger partial charge in [0.15, 0.2) is 12.1 Å². The third-order valence-corrected chi connectivity index (χ3v) is 2.38. The molecule has 0 aromatic carbocycles. The maximum absolute atomic E-state index is 10.7. The van der Waals surface area contributed by atoms with Crippen molar-refractivity contribution in [2.24, 2.45) is 5.73 Å². The molecule has 0 fully saturated rings. The highest BCUT2D eigenvalue weighted by Crippen LogP contribution is 1.98. The molecule has 104 valence electrons. The first-order valence-corrected chi connectivity index (χ1v) is 5.82. The van der Waals surface area contributed by atoms with Crippen LogP contribution in [0.5, 0.6) is 0 Å². The summed E-state index contributed by atoms with van der Waals surface area (Å²) >= 11 is 0. The minimum Gasteiger partial charge on any atom is -0.480 e. The zero-order valence-corrected chi connectivity index (χ0v) is 10.2. The Kier molecular flexibility index (Phi) is 8.99. The molecule has 1 unspecified atom stereocenters. The van der Waals surface area contributed by atoms with Gasteiger partial charge in [0.05, 0.1) is 6.10 Å². The van der Waals surface area contributed by atoms with Crippen molar-refractivity contribution in [1.82, 2.24) is 5.32 Å². The fraction of sp³-hybridized carbons (Fsp3) is 0.727. The number of carboxylic acid groups (broad SMARTS) is 1. The highest BCUT2D eigenvalue weighted by molar-refractivity contribution is 6.25. The van der Waals surface area contributed by atoms with Gasteiger partial charge < -0.3 is 21.3 Å². The van der Waals surface area contributed by atoms with Crippen LogP contribution in [-0.2, 0) is 14.4 Å². The van der Waals surface area contributed by atoms with Crippen molar-refractivity contribution < 1.29 is 24.6 Å². The zero-order valence-electron chi connectivity index (χ0n) is 10.2. The van der Waals surface area contributed by atoms with Crippen molar-refractivity contribution in [3.8, 4) is 0 Å². The molecule has 0 aromatic rings. The van der Waals surface area contributed by atoms with Gasteiger partial charge in [0.1, 0.15) is 6.04 Å². The molecule has 18 heavy (non-hydrogen) atoms. The predicted octanol–water partition coefficient (Wildman–Crippen LogP) is -1.32. The number of carbonyl (C=O) groups is 3. The third kappa shape index (κ3) is 8.80. The number of carboxylic acids is 1. The van der Waals surface area contributed by atoms with E-state index in [0.717, 1.165) is 6.42 Å². The standard InChI is InChI=1S/C11H20N2O5/c12-10(11(17)18)3-1-2-4-13-6-8(15)5-9(16)7-14/h7-8,10,13,15H,1-6,12H2,(H,17,18)/t8?,10-/m0/s1. The van der Waals surface area contributed by atoms with E-state index in [1.807, 2.05) is 0 Å². The van der Waals surface area contributed by atoms with Crippen LogP contribution in [0.15, 0.2) is 0 Å². The normalized spacial score (nSPS) is 13.9. The number of hydrogen-bond donors (Lipinski definition) is 4. The molecule has 0 aliphatic rings. The van der Waals surface area contributed by atoms with Crippen LogP contribution in [0.25, 0.3) is 0 Å². The first-order valence-electron chi connectivity index (χ1n) is 5.82. The number of Topliss-reactive ketones (excluding diaryl/α,β-unsaturated/α-hetero) is 1. The second kappa shape index (κ2) is 9.69. The van der Waals surface area contributed by atoms with Crippen LogP contribution in [0, 0.1) is 0 Å². The molecule has 0 aromatic heterocycles. The molecule has 0 rings (SSSR count). The van der Waals surface area contributed by atoms with Crippen LogP contribution in [-0.4, -0.2) is 53.5 Å². The summed E-state index contributed by atoms with van der Waals surface area (Å²) in [5.74, 6) is -1.64. The Balaban J connectivity index is 3.42. The number of unbranched alkanes of at least 4 members (excludes halogenated alkanes) is 1. The number of ketones is 1. The SMILES string of the molecule is N[C@@H](CCCCNCC(O)CC(=O)C=O)C(=O)O. The molecule has 0 saturated carbocycles. The first-order chi connectivity index (χ1) is 8.47. The molecule has 0 radical (unpaired) electrons. The summed E-state index contributed by atoms with van der Waals surface area (Å²) in [5, 5.41) is 20.8. The highest BCUT2D eigenvalue weighted by Gasteiger charge is 2.11. The average molecular weight is 260 g/mol. The fourth-order valence-electron chi connectivity index (χ4n) is 1.36. The summed E-state index contributed by atoms with van der Waals surface area (Å²) in [5.41, 5.74) is 5.32. The topological polar surface area (TPSA) is 130 Å². The second-order valence-electron chi connectivity index (χ2n) is 4.09. The minimum absolute atomic E-state index is 0.180. The highest BCUT2D eigenvalue weighted by atomic mass is 16.4. The number of aliphatic hydroxyl groups excluding tert-OH is 1. The summed E-state index contributed by atoms with van der Waals surface area (Å²) in [7, 11) is 0. The molecule has 0 aliphatic carbocycles. The number of aliphatic hydroxyl groups is 1. The number of nitrogens with one attached hydrogen (secondary N) is 1. The van der Waals surface area contributed by atoms with E-state index in [2.05, 4.69) is 5.32 Å². The lowest BCUT2D eigenvalue weighted by Crippen LogP contribution is -2.31. The van der Waals surface area contributed by atoms with Crippen molar-refractivity contribution in [2.45, 2.75) is 37.8 Å². The minimum atomic E-state index is -1.01. The Bertz CT molecular complexity index is 283. The predicted molar refractivity (Wildman–Crippen MR) is 64.0 cm³/mol. The van der Waals surface area contributed by atoms with Crippen LogP contribution in [0.3, 0.4) is 0 Å². The molecule has 2 atom stereocenters. The Morgan fingerprint density at radius 3 is 2.56 bits per heavy atom. The van der Waals surface area contributed by atoms with E-state index in [1.54, 1.807) is 0 Å². The van der Waals surface area contributed by atoms with Crippen LogP contribution in [0.1, 0.15) is 25.7 Å². The number of hydrogen-bond acceptors (Lipinski definition) is 6. The lowest BCUT2D eigenvalue weighted by Gasteiger charge is -2.10. The smallest absolute Gasteiger partial charge is 0.320 e. The van der Waals surface area contributed by atoms with Crippen LogP contribution < -0.4 is 11.1 Å². The number of rotatable bonds is 11. The first kappa shape index (κ1) is 16.7. The molecular formula is C11H20N2O5. The van der Waals surface area contributed by atoms with Crippen molar-refractivity contribution >= 4 is 18.0 Å². The number of aliphatic carboxylic acids is 1. The van der Waals surface area contributed by atoms with Gasteiger partial charge in [-0.05, 0) is 19.4 Å². The van der Waals surface area contributed by atoms with E-state index in [1.165, 1.54) is 0 Å². The van der Waals surface area contributed by atoms with Gasteiger partial charge in [-0.1, -0.05) is 6.42 Å². The fourth-order valence-corrected chi connectivity index (χ4v) is 1.36. The summed E-state index contributed by atoms with van der Waals surface area (Å²) in [4.78, 5) is 31.1. The van der Waals surface area contributed by atoms with Gasteiger partial charge in [-0.2, -0.15) is 0 Å². The molecule has 0 bridgehead atoms. The van der Waals surface area contributed by atoms with Crippen molar-refractivity contribution in [2.75, 3.05) is 13.1 Å². The van der Waals surface area contributed by atoms with Gasteiger partial charge in [0.2, 0.25) is 0 Å². The van der Waals surface area contributed by atoms with E-state index >= 15 is 0 Å². The van der Waals surface area contributed by atoms with Crippen molar-refractivity contribution in [3.05, 3.63) is 0 Å². The van der Waals surface area contributed by atoms with E-state index in [9.17, 15) is 19.5 Å². The lowest BCUT2D eigenvalue weighted by atomic mass is 10.1. The number of nitrogens with two attached hydrogens (primary N) is 1. The molecule has 0 saturated heterocycles. The van der Waals surface area contributed by atoms with Gasteiger partial charge in [-0.3, -0.25) is 14.4 Å². The molecule has 7 heteroatoms. The van der Waals surface area contributed by atoms with Crippen LogP contribution in [0.2, 0.25) is 0 Å². The van der Waals surface area contributed by atoms with Gasteiger partial charge in [0, 0.05) is 13.0 Å². The maximum atomic E-state index is 10.7. The Morgan fingerprint density at radius 2 is 2.00 bits per heavy atom. The monoisotopic (exact) mass is 260 g/mol. The molecule has 0 heterocycles. The molecule has 0 spiro atoms. The van der Waals surface area contributed by atoms with Crippen LogP contribution in [0.4, 0.5) is 0 Å². The molecule has 5 N–H and O–H groups in total. The third-order valence-electron chi connectivity index (χ3n) is 2.38.